The van der Waals surface area contributed by atoms with Gasteiger partial charge < -0.3 is 0 Å². The largest absolute Gasteiger partial charge is 0.0843 e. The molecule has 0 amide bonds. The average Bonchev–Trinajstić information content (AvgIpc) is 3.03. The van der Waals surface area contributed by atoms with E-state index in [4.69, 9.17) is 23.2 Å². The molecule has 4 saturated carbocycles. The Hall–Kier alpha value is -1.76. The lowest BCUT2D eigenvalue weighted by atomic mass is 9.43. The lowest BCUT2D eigenvalue weighted by Gasteiger charge is -2.61. The lowest BCUT2D eigenvalue weighted by Crippen LogP contribution is -2.55. The highest BCUT2D eigenvalue weighted by Crippen LogP contribution is 2.70. The first-order chi connectivity index (χ1) is 14.6. The maximum atomic E-state index is 6.85. The van der Waals surface area contributed by atoms with Gasteiger partial charge >= 0.3 is 0 Å². The van der Waals surface area contributed by atoms with Crippen LogP contribution in [0.4, 0.5) is 0 Å². The summed E-state index contributed by atoms with van der Waals surface area (Å²) in [5.41, 5.74) is 8.35. The van der Waals surface area contributed by atoms with E-state index in [-0.39, 0.29) is 5.41 Å². The summed E-state index contributed by atoms with van der Waals surface area (Å²) in [5.74, 6) is 3.39. The van der Waals surface area contributed by atoms with Gasteiger partial charge in [-0.2, -0.15) is 0 Å². The van der Waals surface area contributed by atoms with Gasteiger partial charge in [0, 0.05) is 21.0 Å². The second kappa shape index (κ2) is 6.15. The second-order valence-electron chi connectivity index (χ2n) is 10.1. The zero-order valence-corrected chi connectivity index (χ0v) is 18.4. The van der Waals surface area contributed by atoms with Crippen molar-refractivity contribution in [2.24, 2.45) is 23.7 Å². The molecule has 0 aromatic heterocycles. The molecule has 0 radical (unpaired) electrons. The number of hydrogen-bond acceptors (Lipinski definition) is 0. The molecule has 0 saturated heterocycles. The average molecular weight is 431 g/mol. The van der Waals surface area contributed by atoms with Crippen LogP contribution in [0.3, 0.4) is 0 Å². The van der Waals surface area contributed by atoms with Crippen molar-refractivity contribution in [2.75, 3.05) is 0 Å². The summed E-state index contributed by atoms with van der Waals surface area (Å²) in [6.45, 7) is 0. The quantitative estimate of drug-likeness (QED) is 0.363. The Kier molecular flexibility index (Phi) is 3.66. The van der Waals surface area contributed by atoms with Crippen molar-refractivity contribution in [1.29, 1.82) is 0 Å². The van der Waals surface area contributed by atoms with Crippen LogP contribution >= 0.6 is 23.2 Å². The molecule has 5 aliphatic carbocycles. The fourth-order valence-electron chi connectivity index (χ4n) is 8.05. The molecule has 0 aliphatic heterocycles. The van der Waals surface area contributed by atoms with E-state index in [9.17, 15) is 0 Å². The minimum absolute atomic E-state index is 0.150. The highest BCUT2D eigenvalue weighted by Gasteiger charge is 2.61. The van der Waals surface area contributed by atoms with Crippen LogP contribution in [0.5, 0.6) is 0 Å². The highest BCUT2D eigenvalue weighted by molar-refractivity contribution is 6.34. The van der Waals surface area contributed by atoms with Crippen molar-refractivity contribution in [2.45, 2.75) is 37.5 Å². The van der Waals surface area contributed by atoms with Crippen LogP contribution in [0.2, 0.25) is 10.0 Å². The Morgan fingerprint density at radius 1 is 0.667 bits per heavy atom. The Labute approximate surface area is 188 Å². The molecule has 0 heterocycles. The van der Waals surface area contributed by atoms with Gasteiger partial charge in [-0.3, -0.25) is 0 Å². The molecule has 4 fully saturated rings. The Balaban J connectivity index is 1.51. The smallest absolute Gasteiger partial charge is 0.0487 e. The van der Waals surface area contributed by atoms with Crippen LogP contribution in [-0.2, 0) is 5.41 Å². The summed E-state index contributed by atoms with van der Waals surface area (Å²) in [4.78, 5) is 0. The van der Waals surface area contributed by atoms with E-state index in [1.165, 1.54) is 65.5 Å². The number of hydrogen-bond donors (Lipinski definition) is 0. The molecule has 2 heteroatoms. The van der Waals surface area contributed by atoms with Gasteiger partial charge in [-0.25, -0.2) is 0 Å². The Morgan fingerprint density at radius 2 is 1.37 bits per heavy atom. The summed E-state index contributed by atoms with van der Waals surface area (Å²) < 4.78 is 0. The van der Waals surface area contributed by atoms with Crippen LogP contribution in [0.25, 0.3) is 22.3 Å². The summed E-state index contributed by atoms with van der Waals surface area (Å²) in [5, 5.41) is 1.71. The van der Waals surface area contributed by atoms with Crippen LogP contribution in [0.15, 0.2) is 60.7 Å². The molecule has 150 valence electrons. The van der Waals surface area contributed by atoms with Crippen LogP contribution in [0, 0.1) is 23.7 Å². The van der Waals surface area contributed by atoms with E-state index in [0.717, 1.165) is 33.7 Å². The monoisotopic (exact) mass is 430 g/mol. The SMILES string of the molecule is Clc1cccc(-c2ccc3c(c2)C2(c4cccc(Cl)c4-3)C3CC4CC(C3)CC2C4)c1. The van der Waals surface area contributed by atoms with Crippen molar-refractivity contribution < 1.29 is 0 Å². The molecule has 5 aliphatic rings. The van der Waals surface area contributed by atoms with Crippen molar-refractivity contribution in [3.8, 4) is 22.3 Å². The van der Waals surface area contributed by atoms with Crippen molar-refractivity contribution >= 4 is 23.2 Å². The topological polar surface area (TPSA) is 0 Å². The highest BCUT2D eigenvalue weighted by atomic mass is 35.5. The van der Waals surface area contributed by atoms with Gasteiger partial charge in [0.05, 0.1) is 0 Å². The van der Waals surface area contributed by atoms with E-state index in [2.05, 4.69) is 54.6 Å². The zero-order chi connectivity index (χ0) is 20.0. The van der Waals surface area contributed by atoms with Gasteiger partial charge in [-0.1, -0.05) is 59.6 Å². The summed E-state index contributed by atoms with van der Waals surface area (Å²) in [6.07, 6.45) is 7.03. The van der Waals surface area contributed by atoms with Gasteiger partial charge in [0.15, 0.2) is 0 Å². The molecule has 0 nitrogen and oxygen atoms in total. The number of fused-ring (bicyclic) bond motifs is 3. The maximum Gasteiger partial charge on any atom is 0.0487 e. The van der Waals surface area contributed by atoms with Gasteiger partial charge in [0.1, 0.15) is 0 Å². The summed E-state index contributed by atoms with van der Waals surface area (Å²) >= 11 is 13.2. The fourth-order valence-corrected chi connectivity index (χ4v) is 8.51. The normalized spacial score (nSPS) is 32.5. The summed E-state index contributed by atoms with van der Waals surface area (Å²) in [7, 11) is 0. The third-order valence-electron chi connectivity index (χ3n) is 8.78. The minimum atomic E-state index is 0.150. The zero-order valence-electron chi connectivity index (χ0n) is 16.9. The van der Waals surface area contributed by atoms with E-state index >= 15 is 0 Å². The first-order valence-electron chi connectivity index (χ1n) is 11.3. The predicted octanol–water partition coefficient (Wildman–Crippen LogP) is 8.38. The molecule has 1 spiro atoms. The maximum absolute atomic E-state index is 6.85. The lowest BCUT2D eigenvalue weighted by molar-refractivity contribution is -0.0399. The molecule has 0 N–H and O–H groups in total. The van der Waals surface area contributed by atoms with Crippen molar-refractivity contribution in [3.63, 3.8) is 0 Å². The fraction of sp³-hybridized carbons (Fsp3) is 0.357. The van der Waals surface area contributed by atoms with Gasteiger partial charge in [0.25, 0.3) is 0 Å². The summed E-state index contributed by atoms with van der Waals surface area (Å²) in [6, 6.07) is 22.0. The molecule has 30 heavy (non-hydrogen) atoms. The number of benzene rings is 3. The molecule has 0 unspecified atom stereocenters. The Morgan fingerprint density at radius 3 is 2.10 bits per heavy atom. The van der Waals surface area contributed by atoms with E-state index in [1.54, 1.807) is 0 Å². The van der Waals surface area contributed by atoms with Crippen LogP contribution in [0.1, 0.15) is 43.2 Å². The molecule has 0 atom stereocenters. The molecular weight excluding hydrogens is 407 g/mol. The first-order valence-corrected chi connectivity index (χ1v) is 12.1. The third kappa shape index (κ3) is 2.20. The third-order valence-corrected chi connectivity index (χ3v) is 9.33. The minimum Gasteiger partial charge on any atom is -0.0843 e. The van der Waals surface area contributed by atoms with Gasteiger partial charge in [0.2, 0.25) is 0 Å². The van der Waals surface area contributed by atoms with Crippen molar-refractivity contribution in [1.82, 2.24) is 0 Å². The van der Waals surface area contributed by atoms with Gasteiger partial charge in [-0.15, -0.1) is 0 Å². The van der Waals surface area contributed by atoms with Gasteiger partial charge in [-0.05, 0) is 108 Å². The van der Waals surface area contributed by atoms with Crippen LogP contribution < -0.4 is 0 Å². The van der Waals surface area contributed by atoms with Crippen LogP contribution in [-0.4, -0.2) is 0 Å². The molecule has 3 aromatic rings. The standard InChI is InChI=1S/C28H24Cl2/c29-22-4-1-3-18(14-22)19-7-8-23-25(15-19)28(24-5-2-6-26(30)27(23)24)20-10-16-9-17(12-20)13-21(28)11-16/h1-8,14-17,20-21H,9-13H2. The molecule has 4 bridgehead atoms. The van der Waals surface area contributed by atoms with E-state index in [0.29, 0.717) is 0 Å². The predicted molar refractivity (Wildman–Crippen MR) is 125 cm³/mol. The Bertz CT molecular complexity index is 1160. The second-order valence-corrected chi connectivity index (χ2v) is 11.0. The van der Waals surface area contributed by atoms with E-state index in [1.807, 2.05) is 6.07 Å². The van der Waals surface area contributed by atoms with Crippen molar-refractivity contribution in [3.05, 3.63) is 81.8 Å². The molecular formula is C28H24Cl2. The number of rotatable bonds is 1. The molecule has 8 rings (SSSR count). The first kappa shape index (κ1) is 17.9. The van der Waals surface area contributed by atoms with E-state index < -0.39 is 0 Å². The number of halogens is 2. The molecule has 3 aromatic carbocycles.